The highest BCUT2D eigenvalue weighted by atomic mass is 28.4. The molecule has 1 aliphatic rings. The Morgan fingerprint density at radius 3 is 2.95 bits per heavy atom. The van der Waals surface area contributed by atoms with Crippen molar-refractivity contribution in [3.05, 3.63) is 30.1 Å². The molecule has 2 rings (SSSR count). The van der Waals surface area contributed by atoms with Gasteiger partial charge >= 0.3 is 8.72 Å². The van der Waals surface area contributed by atoms with E-state index in [1.54, 1.807) is 20.4 Å². The maximum Gasteiger partial charge on any atom is 0.427 e. The summed E-state index contributed by atoms with van der Waals surface area (Å²) in [5.74, 6) is 0. The van der Waals surface area contributed by atoms with Crippen LogP contribution in [0.4, 0.5) is 0 Å². The van der Waals surface area contributed by atoms with Crippen LogP contribution in [0, 0.1) is 0 Å². The Kier molecular flexibility index (Phi) is 5.21. The minimum absolute atomic E-state index is 0.748. The van der Waals surface area contributed by atoms with Crippen LogP contribution in [-0.2, 0) is 8.85 Å². The first-order valence-electron chi connectivity index (χ1n) is 6.57. The van der Waals surface area contributed by atoms with Gasteiger partial charge in [0.25, 0.3) is 0 Å². The quantitative estimate of drug-likeness (QED) is 0.584. The zero-order valence-electron chi connectivity index (χ0n) is 11.6. The molecule has 0 radical (unpaired) electrons. The highest BCUT2D eigenvalue weighted by molar-refractivity contribution is 6.65. The Balaban J connectivity index is 1.84. The molecule has 0 saturated carbocycles. The highest BCUT2D eigenvalue weighted by Crippen LogP contribution is 2.26. The predicted octanol–water partition coefficient (Wildman–Crippen LogP) is 1.44. The van der Waals surface area contributed by atoms with Crippen LogP contribution >= 0.6 is 0 Å². The number of aromatic nitrogens is 1. The summed E-state index contributed by atoms with van der Waals surface area (Å²) >= 11 is 0. The van der Waals surface area contributed by atoms with Crippen molar-refractivity contribution < 1.29 is 8.85 Å². The number of pyridine rings is 1. The molecule has 0 aliphatic carbocycles. The lowest BCUT2D eigenvalue weighted by Gasteiger charge is -2.31. The summed E-state index contributed by atoms with van der Waals surface area (Å²) in [6.45, 7) is 2.68. The molecule has 1 saturated heterocycles. The summed E-state index contributed by atoms with van der Waals surface area (Å²) in [6.07, 6.45) is 4.74. The van der Waals surface area contributed by atoms with Gasteiger partial charge in [-0.05, 0) is 25.1 Å². The van der Waals surface area contributed by atoms with E-state index < -0.39 is 8.72 Å². The molecule has 1 aromatic heterocycles. The summed E-state index contributed by atoms with van der Waals surface area (Å²) in [6, 6.07) is 6.86. The SMILES string of the molecule is CO[Si]1(OC)CCCN1CCN=Cc1ccccn1. The van der Waals surface area contributed by atoms with E-state index in [0.717, 1.165) is 37.8 Å². The first-order valence-corrected chi connectivity index (χ1v) is 8.54. The average molecular weight is 279 g/mol. The number of rotatable bonds is 6. The molecular formula is C13H21N3O2Si. The van der Waals surface area contributed by atoms with Crippen molar-refractivity contribution in [1.82, 2.24) is 9.55 Å². The summed E-state index contributed by atoms with van der Waals surface area (Å²) < 4.78 is 13.6. The van der Waals surface area contributed by atoms with Crippen molar-refractivity contribution in [2.24, 2.45) is 4.99 Å². The Labute approximate surface area is 115 Å². The van der Waals surface area contributed by atoms with Gasteiger partial charge in [-0.25, -0.2) is 0 Å². The normalized spacial score (nSPS) is 19.3. The van der Waals surface area contributed by atoms with Crippen LogP contribution in [0.3, 0.4) is 0 Å². The van der Waals surface area contributed by atoms with E-state index in [1.807, 2.05) is 24.4 Å². The molecule has 1 aromatic rings. The molecule has 5 nitrogen and oxygen atoms in total. The molecule has 0 amide bonds. The third-order valence-corrected chi connectivity index (χ3v) is 7.12. The number of aliphatic imine (C=N–C) groups is 1. The Hall–Kier alpha value is -1.08. The van der Waals surface area contributed by atoms with Crippen molar-refractivity contribution in [1.29, 1.82) is 0 Å². The maximum absolute atomic E-state index is 5.65. The molecule has 0 unspecified atom stereocenters. The minimum Gasteiger partial charge on any atom is -0.386 e. The molecule has 104 valence electrons. The van der Waals surface area contributed by atoms with E-state index >= 15 is 0 Å². The van der Waals surface area contributed by atoms with Gasteiger partial charge in [0.1, 0.15) is 0 Å². The zero-order valence-corrected chi connectivity index (χ0v) is 12.6. The van der Waals surface area contributed by atoms with Crippen molar-refractivity contribution >= 4 is 14.9 Å². The van der Waals surface area contributed by atoms with E-state index in [2.05, 4.69) is 14.5 Å². The molecule has 19 heavy (non-hydrogen) atoms. The zero-order chi connectivity index (χ0) is 13.6. The Morgan fingerprint density at radius 2 is 2.26 bits per heavy atom. The summed E-state index contributed by atoms with van der Waals surface area (Å²) in [5, 5.41) is 0. The van der Waals surface area contributed by atoms with Crippen LogP contribution in [-0.4, -0.2) is 58.3 Å². The van der Waals surface area contributed by atoms with Gasteiger partial charge in [-0.1, -0.05) is 6.07 Å². The molecular weight excluding hydrogens is 258 g/mol. The highest BCUT2D eigenvalue weighted by Gasteiger charge is 2.46. The molecule has 0 bridgehead atoms. The number of hydrogen-bond acceptors (Lipinski definition) is 5. The third kappa shape index (κ3) is 3.47. The fourth-order valence-electron chi connectivity index (χ4n) is 2.44. The van der Waals surface area contributed by atoms with Crippen LogP contribution in [0.15, 0.2) is 29.4 Å². The largest absolute Gasteiger partial charge is 0.427 e. The lowest BCUT2D eigenvalue weighted by atomic mass is 10.4. The molecule has 0 aromatic carbocycles. The van der Waals surface area contributed by atoms with Gasteiger partial charge < -0.3 is 8.85 Å². The number of hydrogen-bond donors (Lipinski definition) is 0. The molecule has 0 spiro atoms. The van der Waals surface area contributed by atoms with Crippen molar-refractivity contribution in [3.8, 4) is 0 Å². The fraction of sp³-hybridized carbons (Fsp3) is 0.538. The van der Waals surface area contributed by atoms with Crippen LogP contribution in [0.25, 0.3) is 0 Å². The first-order chi connectivity index (χ1) is 9.30. The van der Waals surface area contributed by atoms with Crippen LogP contribution in [0.5, 0.6) is 0 Å². The van der Waals surface area contributed by atoms with E-state index in [9.17, 15) is 0 Å². The van der Waals surface area contributed by atoms with E-state index in [4.69, 9.17) is 8.85 Å². The molecule has 0 atom stereocenters. The third-order valence-electron chi connectivity index (χ3n) is 3.45. The summed E-state index contributed by atoms with van der Waals surface area (Å²) in [5.41, 5.74) is 0.894. The Morgan fingerprint density at radius 1 is 1.42 bits per heavy atom. The molecule has 1 aliphatic heterocycles. The van der Waals surface area contributed by atoms with Gasteiger partial charge in [0.15, 0.2) is 0 Å². The van der Waals surface area contributed by atoms with Crippen LogP contribution in [0.1, 0.15) is 12.1 Å². The van der Waals surface area contributed by atoms with Crippen LogP contribution in [0.2, 0.25) is 6.04 Å². The monoisotopic (exact) mass is 279 g/mol. The van der Waals surface area contributed by atoms with E-state index in [0.29, 0.717) is 0 Å². The topological polar surface area (TPSA) is 47.0 Å². The average Bonchev–Trinajstić information content (AvgIpc) is 2.88. The van der Waals surface area contributed by atoms with Crippen molar-refractivity contribution in [3.63, 3.8) is 0 Å². The van der Waals surface area contributed by atoms with Crippen molar-refractivity contribution in [2.45, 2.75) is 12.5 Å². The first kappa shape index (κ1) is 14.3. The van der Waals surface area contributed by atoms with Gasteiger partial charge in [-0.2, -0.15) is 0 Å². The van der Waals surface area contributed by atoms with Gasteiger partial charge in [0, 0.05) is 39.2 Å². The second-order valence-corrected chi connectivity index (χ2v) is 7.88. The van der Waals surface area contributed by atoms with Gasteiger partial charge in [-0.15, -0.1) is 0 Å². The smallest absolute Gasteiger partial charge is 0.386 e. The van der Waals surface area contributed by atoms with E-state index in [1.165, 1.54) is 0 Å². The van der Waals surface area contributed by atoms with Gasteiger partial charge in [-0.3, -0.25) is 14.5 Å². The predicted molar refractivity (Wildman–Crippen MR) is 77.5 cm³/mol. The second-order valence-electron chi connectivity index (χ2n) is 4.50. The number of nitrogens with zero attached hydrogens (tertiary/aromatic N) is 3. The van der Waals surface area contributed by atoms with Gasteiger partial charge in [0.05, 0.1) is 12.2 Å². The van der Waals surface area contributed by atoms with Crippen molar-refractivity contribution in [2.75, 3.05) is 33.9 Å². The fourth-order valence-corrected chi connectivity index (χ4v) is 5.39. The standard InChI is InChI=1S/C13H21N3O2Si/c1-17-19(18-2)11-5-9-16(19)10-8-14-12-13-6-3-4-7-15-13/h3-4,6-7,12H,5,8-11H2,1-2H3. The molecule has 6 heteroatoms. The molecule has 0 N–H and O–H groups in total. The lowest BCUT2D eigenvalue weighted by Crippen LogP contribution is -2.53. The van der Waals surface area contributed by atoms with Crippen LogP contribution < -0.4 is 0 Å². The summed E-state index contributed by atoms with van der Waals surface area (Å²) in [4.78, 5) is 8.63. The Bertz CT molecular complexity index is 410. The maximum atomic E-state index is 5.65. The lowest BCUT2D eigenvalue weighted by molar-refractivity contribution is 0.184. The minimum atomic E-state index is -2.10. The molecule has 2 heterocycles. The van der Waals surface area contributed by atoms with E-state index in [-0.39, 0.29) is 0 Å². The van der Waals surface area contributed by atoms with Gasteiger partial charge in [0.2, 0.25) is 0 Å². The summed E-state index contributed by atoms with van der Waals surface area (Å²) in [7, 11) is 1.42. The second kappa shape index (κ2) is 6.90. The molecule has 1 fully saturated rings.